The molecule has 86 valence electrons. The van der Waals surface area contributed by atoms with Gasteiger partial charge >= 0.3 is 11.9 Å². The third-order valence-electron chi connectivity index (χ3n) is 2.40. The van der Waals surface area contributed by atoms with Gasteiger partial charge in [0.05, 0.1) is 11.1 Å². The molecular weight excluding hydrogens is 288 g/mol. The highest BCUT2D eigenvalue weighted by molar-refractivity contribution is 9.10. The van der Waals surface area contributed by atoms with Crippen molar-refractivity contribution in [3.63, 3.8) is 0 Å². The lowest BCUT2D eigenvalue weighted by atomic mass is 10.0. The molecular formula is C12H7BrO4. The molecule has 0 saturated carbocycles. The quantitative estimate of drug-likeness (QED) is 0.893. The Morgan fingerprint density at radius 2 is 1.41 bits per heavy atom. The molecule has 0 amide bonds. The van der Waals surface area contributed by atoms with E-state index in [2.05, 4.69) is 15.9 Å². The molecule has 0 aliphatic heterocycles. The highest BCUT2D eigenvalue weighted by Crippen LogP contribution is 2.24. The van der Waals surface area contributed by atoms with Crippen LogP contribution in [-0.2, 0) is 0 Å². The average molecular weight is 295 g/mol. The zero-order valence-electron chi connectivity index (χ0n) is 8.48. The largest absolute Gasteiger partial charge is 0.478 e. The minimum Gasteiger partial charge on any atom is -0.478 e. The van der Waals surface area contributed by atoms with Gasteiger partial charge < -0.3 is 10.2 Å². The second-order valence-electron chi connectivity index (χ2n) is 3.50. The lowest BCUT2D eigenvalue weighted by Gasteiger charge is -2.05. The first-order valence-corrected chi connectivity index (χ1v) is 5.48. The number of fused-ring (bicyclic) bond motifs is 1. The number of aromatic carboxylic acids is 2. The normalized spacial score (nSPS) is 10.4. The molecule has 2 aromatic carbocycles. The molecule has 0 fully saturated rings. The van der Waals surface area contributed by atoms with Crippen LogP contribution in [-0.4, -0.2) is 22.2 Å². The first-order valence-electron chi connectivity index (χ1n) is 4.69. The van der Waals surface area contributed by atoms with Crippen LogP contribution in [0.15, 0.2) is 34.8 Å². The fraction of sp³-hybridized carbons (Fsp3) is 0. The molecule has 2 N–H and O–H groups in total. The fourth-order valence-electron chi connectivity index (χ4n) is 1.62. The van der Waals surface area contributed by atoms with E-state index in [1.807, 2.05) is 0 Å². The van der Waals surface area contributed by atoms with Gasteiger partial charge in [0.25, 0.3) is 0 Å². The first kappa shape index (κ1) is 11.6. The zero-order valence-corrected chi connectivity index (χ0v) is 10.1. The minimum absolute atomic E-state index is 0.202. The highest BCUT2D eigenvalue weighted by atomic mass is 79.9. The maximum Gasteiger partial charge on any atom is 0.336 e. The highest BCUT2D eigenvalue weighted by Gasteiger charge is 2.16. The molecule has 2 aromatic rings. The Hall–Kier alpha value is -1.88. The van der Waals surface area contributed by atoms with Crippen LogP contribution in [0.5, 0.6) is 0 Å². The van der Waals surface area contributed by atoms with Crippen molar-refractivity contribution in [2.45, 2.75) is 0 Å². The van der Waals surface area contributed by atoms with Crippen molar-refractivity contribution in [1.82, 2.24) is 0 Å². The molecule has 0 aromatic heterocycles. The number of hydrogen-bond acceptors (Lipinski definition) is 2. The van der Waals surface area contributed by atoms with Gasteiger partial charge in [-0.05, 0) is 35.0 Å². The Morgan fingerprint density at radius 1 is 0.882 bits per heavy atom. The number of rotatable bonds is 2. The van der Waals surface area contributed by atoms with E-state index >= 15 is 0 Å². The van der Waals surface area contributed by atoms with Crippen molar-refractivity contribution in [3.8, 4) is 0 Å². The standard InChI is InChI=1S/C12H7BrO4/c13-8-2-1-6-4-9(11(14)15)10(12(16)17)5-7(6)3-8/h1-5H,(H,14,15)(H,16,17). The van der Waals surface area contributed by atoms with Crippen LogP contribution in [0.3, 0.4) is 0 Å². The minimum atomic E-state index is -1.25. The van der Waals surface area contributed by atoms with Crippen LogP contribution in [0, 0.1) is 0 Å². The number of carboxylic acids is 2. The van der Waals surface area contributed by atoms with Crippen molar-refractivity contribution < 1.29 is 19.8 Å². The van der Waals surface area contributed by atoms with Gasteiger partial charge in [-0.2, -0.15) is 0 Å². The van der Waals surface area contributed by atoms with Gasteiger partial charge in [0.2, 0.25) is 0 Å². The molecule has 0 radical (unpaired) electrons. The molecule has 2 rings (SSSR count). The van der Waals surface area contributed by atoms with E-state index in [0.29, 0.717) is 10.8 Å². The Balaban J connectivity index is 2.81. The maximum atomic E-state index is 11.0. The van der Waals surface area contributed by atoms with E-state index < -0.39 is 11.9 Å². The molecule has 0 unspecified atom stereocenters. The number of carbonyl (C=O) groups is 2. The zero-order chi connectivity index (χ0) is 12.6. The van der Waals surface area contributed by atoms with E-state index in [1.54, 1.807) is 18.2 Å². The van der Waals surface area contributed by atoms with Crippen LogP contribution in [0.25, 0.3) is 10.8 Å². The number of benzene rings is 2. The Labute approximate surface area is 105 Å². The average Bonchev–Trinajstić information content (AvgIpc) is 2.26. The number of halogens is 1. The Morgan fingerprint density at radius 3 is 1.94 bits per heavy atom. The van der Waals surface area contributed by atoms with Crippen LogP contribution < -0.4 is 0 Å². The topological polar surface area (TPSA) is 74.6 Å². The molecule has 4 nitrogen and oxygen atoms in total. The summed E-state index contributed by atoms with van der Waals surface area (Å²) in [7, 11) is 0. The Bertz CT molecular complexity index is 634. The Kier molecular flexibility index (Phi) is 2.85. The van der Waals surface area contributed by atoms with Gasteiger partial charge in [0.1, 0.15) is 0 Å². The fourth-order valence-corrected chi connectivity index (χ4v) is 2.00. The predicted molar refractivity (Wildman–Crippen MR) is 65.6 cm³/mol. The van der Waals surface area contributed by atoms with Crippen molar-refractivity contribution in [2.24, 2.45) is 0 Å². The summed E-state index contributed by atoms with van der Waals surface area (Å²) in [6.07, 6.45) is 0. The van der Waals surface area contributed by atoms with Crippen LogP contribution in [0.1, 0.15) is 20.7 Å². The van der Waals surface area contributed by atoms with Crippen molar-refractivity contribution in [3.05, 3.63) is 45.9 Å². The monoisotopic (exact) mass is 294 g/mol. The second kappa shape index (κ2) is 4.18. The molecule has 0 aliphatic rings. The third-order valence-corrected chi connectivity index (χ3v) is 2.89. The molecule has 5 heteroatoms. The summed E-state index contributed by atoms with van der Waals surface area (Å²) >= 11 is 3.28. The van der Waals surface area contributed by atoms with Gasteiger partial charge in [0.15, 0.2) is 0 Å². The molecule has 17 heavy (non-hydrogen) atoms. The SMILES string of the molecule is O=C(O)c1cc2ccc(Br)cc2cc1C(=O)O. The van der Waals surface area contributed by atoms with E-state index in [0.717, 1.165) is 4.47 Å². The second-order valence-corrected chi connectivity index (χ2v) is 4.42. The lowest BCUT2D eigenvalue weighted by Crippen LogP contribution is -2.07. The molecule has 0 saturated heterocycles. The van der Waals surface area contributed by atoms with Crippen molar-refractivity contribution >= 4 is 38.6 Å². The summed E-state index contributed by atoms with van der Waals surface area (Å²) in [5.74, 6) is -2.49. The number of hydrogen-bond donors (Lipinski definition) is 2. The summed E-state index contributed by atoms with van der Waals surface area (Å²) in [5, 5.41) is 19.3. The van der Waals surface area contributed by atoms with Gasteiger partial charge in [0, 0.05) is 4.47 Å². The lowest BCUT2D eigenvalue weighted by molar-refractivity contribution is 0.0652. The summed E-state index contributed by atoms with van der Waals surface area (Å²) in [5.41, 5.74) is -0.407. The predicted octanol–water partition coefficient (Wildman–Crippen LogP) is 3.00. The molecule has 0 bridgehead atoms. The van der Waals surface area contributed by atoms with Crippen LogP contribution in [0.2, 0.25) is 0 Å². The number of carboxylic acid groups (broad SMARTS) is 2. The summed E-state index contributed by atoms with van der Waals surface area (Å²) < 4.78 is 0.810. The summed E-state index contributed by atoms with van der Waals surface area (Å²) in [6, 6.07) is 7.98. The van der Waals surface area contributed by atoms with E-state index in [-0.39, 0.29) is 11.1 Å². The van der Waals surface area contributed by atoms with Gasteiger partial charge in [-0.15, -0.1) is 0 Å². The van der Waals surface area contributed by atoms with E-state index in [4.69, 9.17) is 10.2 Å². The molecule has 0 heterocycles. The van der Waals surface area contributed by atoms with Crippen LogP contribution in [0.4, 0.5) is 0 Å². The molecule has 0 atom stereocenters. The summed E-state index contributed by atoms with van der Waals surface area (Å²) in [4.78, 5) is 21.9. The third kappa shape index (κ3) is 2.14. The molecule has 0 aliphatic carbocycles. The summed E-state index contributed by atoms with van der Waals surface area (Å²) in [6.45, 7) is 0. The molecule has 0 spiro atoms. The maximum absolute atomic E-state index is 11.0. The van der Waals surface area contributed by atoms with Crippen LogP contribution >= 0.6 is 15.9 Å². The van der Waals surface area contributed by atoms with Gasteiger partial charge in [-0.1, -0.05) is 22.0 Å². The van der Waals surface area contributed by atoms with Crippen molar-refractivity contribution in [1.29, 1.82) is 0 Å². The van der Waals surface area contributed by atoms with E-state index in [9.17, 15) is 9.59 Å². The smallest absolute Gasteiger partial charge is 0.336 e. The van der Waals surface area contributed by atoms with Gasteiger partial charge in [-0.25, -0.2) is 9.59 Å². The van der Waals surface area contributed by atoms with E-state index in [1.165, 1.54) is 12.1 Å². The first-order chi connectivity index (χ1) is 7.99. The van der Waals surface area contributed by atoms with Gasteiger partial charge in [-0.3, -0.25) is 0 Å². The van der Waals surface area contributed by atoms with Crippen molar-refractivity contribution in [2.75, 3.05) is 0 Å².